The van der Waals surface area contributed by atoms with E-state index in [1.807, 2.05) is 11.3 Å². The van der Waals surface area contributed by atoms with Crippen LogP contribution in [0.5, 0.6) is 0 Å². The Labute approximate surface area is 79.6 Å². The normalized spacial score (nSPS) is 13.7. The maximum atomic E-state index is 2.30. The van der Waals surface area contributed by atoms with Crippen LogP contribution >= 0.6 is 11.3 Å². The summed E-state index contributed by atoms with van der Waals surface area (Å²) in [6.07, 6.45) is 2.60. The van der Waals surface area contributed by atoms with Crippen LogP contribution in [0.1, 0.15) is 45.1 Å². The first-order chi connectivity index (χ1) is 5.74. The zero-order valence-corrected chi connectivity index (χ0v) is 9.03. The van der Waals surface area contributed by atoms with Crippen molar-refractivity contribution >= 4 is 11.3 Å². The van der Waals surface area contributed by atoms with Gasteiger partial charge in [-0.05, 0) is 47.1 Å². The fraction of sp³-hybridized carbons (Fsp3) is 0.636. The monoisotopic (exact) mass is 182 g/mol. The van der Waals surface area contributed by atoms with Crippen molar-refractivity contribution in [2.45, 2.75) is 39.5 Å². The van der Waals surface area contributed by atoms with Crippen LogP contribution in [0.25, 0.3) is 0 Å². The number of rotatable bonds is 4. The highest BCUT2D eigenvalue weighted by Gasteiger charge is 2.10. The molecule has 0 N–H and O–H groups in total. The Bertz CT molecular complexity index is 199. The molecule has 1 aromatic rings. The molecular weight excluding hydrogens is 164 g/mol. The minimum atomic E-state index is 0.788. The summed E-state index contributed by atoms with van der Waals surface area (Å²) in [6.45, 7) is 6.88. The zero-order chi connectivity index (χ0) is 8.97. The second kappa shape index (κ2) is 4.66. The Kier molecular flexibility index (Phi) is 3.80. The summed E-state index contributed by atoms with van der Waals surface area (Å²) in [4.78, 5) is 0. The van der Waals surface area contributed by atoms with E-state index >= 15 is 0 Å². The van der Waals surface area contributed by atoms with Crippen LogP contribution in [-0.4, -0.2) is 0 Å². The molecule has 0 amide bonds. The number of thiophene rings is 1. The zero-order valence-electron chi connectivity index (χ0n) is 8.21. The first-order valence-electron chi connectivity index (χ1n) is 4.76. The van der Waals surface area contributed by atoms with Crippen LogP contribution in [0.2, 0.25) is 0 Å². The van der Waals surface area contributed by atoms with Crippen LogP contribution in [0.3, 0.4) is 0 Å². The quantitative estimate of drug-likeness (QED) is 0.651. The highest BCUT2D eigenvalue weighted by atomic mass is 32.1. The lowest BCUT2D eigenvalue weighted by Gasteiger charge is -2.15. The largest absolute Gasteiger partial charge is 0.152 e. The molecule has 1 heteroatoms. The van der Waals surface area contributed by atoms with Gasteiger partial charge in [0.25, 0.3) is 0 Å². The SMILES string of the molecule is CCC(CC(C)C)c1ccsc1. The van der Waals surface area contributed by atoms with E-state index < -0.39 is 0 Å². The van der Waals surface area contributed by atoms with Gasteiger partial charge in [0.1, 0.15) is 0 Å². The molecule has 0 bridgehead atoms. The predicted octanol–water partition coefficient (Wildman–Crippen LogP) is 4.29. The lowest BCUT2D eigenvalue weighted by atomic mass is 9.90. The Morgan fingerprint density at radius 3 is 2.58 bits per heavy atom. The molecule has 68 valence electrons. The summed E-state index contributed by atoms with van der Waals surface area (Å²) in [7, 11) is 0. The summed E-state index contributed by atoms with van der Waals surface area (Å²) in [5, 5.41) is 4.47. The van der Waals surface area contributed by atoms with Crippen LogP contribution < -0.4 is 0 Å². The Morgan fingerprint density at radius 2 is 2.17 bits per heavy atom. The third-order valence-electron chi connectivity index (χ3n) is 2.26. The second-order valence-electron chi connectivity index (χ2n) is 3.79. The van der Waals surface area contributed by atoms with E-state index in [1.165, 1.54) is 18.4 Å². The molecule has 12 heavy (non-hydrogen) atoms. The molecule has 1 atom stereocenters. The van der Waals surface area contributed by atoms with Gasteiger partial charge < -0.3 is 0 Å². The lowest BCUT2D eigenvalue weighted by molar-refractivity contribution is 0.490. The molecule has 0 aliphatic rings. The van der Waals surface area contributed by atoms with Crippen molar-refractivity contribution in [2.24, 2.45) is 5.92 Å². The minimum absolute atomic E-state index is 0.788. The van der Waals surface area contributed by atoms with Gasteiger partial charge in [-0.15, -0.1) is 0 Å². The van der Waals surface area contributed by atoms with Gasteiger partial charge in [0.05, 0.1) is 0 Å². The average molecular weight is 182 g/mol. The highest BCUT2D eigenvalue weighted by molar-refractivity contribution is 7.07. The van der Waals surface area contributed by atoms with Gasteiger partial charge in [-0.2, -0.15) is 11.3 Å². The summed E-state index contributed by atoms with van der Waals surface area (Å²) in [5.74, 6) is 1.60. The molecule has 0 fully saturated rings. The van der Waals surface area contributed by atoms with Gasteiger partial charge in [0.2, 0.25) is 0 Å². The molecule has 1 unspecified atom stereocenters. The summed E-state index contributed by atoms with van der Waals surface area (Å²) in [6, 6.07) is 2.27. The molecule has 0 aromatic carbocycles. The summed E-state index contributed by atoms with van der Waals surface area (Å²) in [5.41, 5.74) is 1.54. The summed E-state index contributed by atoms with van der Waals surface area (Å²) >= 11 is 1.81. The molecule has 1 heterocycles. The van der Waals surface area contributed by atoms with E-state index in [0.29, 0.717) is 0 Å². The minimum Gasteiger partial charge on any atom is -0.152 e. The molecule has 0 radical (unpaired) electrons. The van der Waals surface area contributed by atoms with Gasteiger partial charge in [-0.25, -0.2) is 0 Å². The topological polar surface area (TPSA) is 0 Å². The van der Waals surface area contributed by atoms with Gasteiger partial charge >= 0.3 is 0 Å². The third kappa shape index (κ3) is 2.63. The van der Waals surface area contributed by atoms with Crippen molar-refractivity contribution < 1.29 is 0 Å². The Morgan fingerprint density at radius 1 is 1.42 bits per heavy atom. The molecule has 0 aliphatic carbocycles. The van der Waals surface area contributed by atoms with Crippen molar-refractivity contribution in [1.29, 1.82) is 0 Å². The number of hydrogen-bond donors (Lipinski definition) is 0. The van der Waals surface area contributed by atoms with Crippen molar-refractivity contribution in [3.05, 3.63) is 22.4 Å². The van der Waals surface area contributed by atoms with E-state index in [1.54, 1.807) is 0 Å². The van der Waals surface area contributed by atoms with Crippen molar-refractivity contribution in [1.82, 2.24) is 0 Å². The molecular formula is C11H18S. The molecule has 0 saturated heterocycles. The molecule has 0 nitrogen and oxygen atoms in total. The van der Waals surface area contributed by atoms with E-state index in [2.05, 4.69) is 37.6 Å². The first kappa shape index (κ1) is 9.79. The van der Waals surface area contributed by atoms with E-state index in [0.717, 1.165) is 11.8 Å². The van der Waals surface area contributed by atoms with Crippen LogP contribution in [0.4, 0.5) is 0 Å². The maximum absolute atomic E-state index is 2.30. The second-order valence-corrected chi connectivity index (χ2v) is 4.57. The molecule has 0 aliphatic heterocycles. The van der Waals surface area contributed by atoms with Gasteiger partial charge in [-0.3, -0.25) is 0 Å². The van der Waals surface area contributed by atoms with Crippen molar-refractivity contribution in [3.63, 3.8) is 0 Å². The van der Waals surface area contributed by atoms with Gasteiger partial charge in [-0.1, -0.05) is 20.8 Å². The summed E-state index contributed by atoms with van der Waals surface area (Å²) < 4.78 is 0. The van der Waals surface area contributed by atoms with Gasteiger partial charge in [0.15, 0.2) is 0 Å². The van der Waals surface area contributed by atoms with E-state index in [4.69, 9.17) is 0 Å². The van der Waals surface area contributed by atoms with Crippen LogP contribution in [0, 0.1) is 5.92 Å². The van der Waals surface area contributed by atoms with E-state index in [-0.39, 0.29) is 0 Å². The van der Waals surface area contributed by atoms with Crippen LogP contribution in [0.15, 0.2) is 16.8 Å². The average Bonchev–Trinajstić information content (AvgIpc) is 2.51. The lowest BCUT2D eigenvalue weighted by Crippen LogP contribution is -2.00. The Balaban J connectivity index is 2.57. The van der Waals surface area contributed by atoms with Crippen molar-refractivity contribution in [3.8, 4) is 0 Å². The molecule has 0 saturated carbocycles. The van der Waals surface area contributed by atoms with Crippen LogP contribution in [-0.2, 0) is 0 Å². The Hall–Kier alpha value is -0.300. The predicted molar refractivity (Wildman–Crippen MR) is 56.8 cm³/mol. The van der Waals surface area contributed by atoms with Gasteiger partial charge in [0, 0.05) is 0 Å². The standard InChI is InChI=1S/C11H18S/c1-4-10(7-9(2)3)11-5-6-12-8-11/h5-6,8-10H,4,7H2,1-3H3. The molecule has 1 aromatic heterocycles. The van der Waals surface area contributed by atoms with Crippen molar-refractivity contribution in [2.75, 3.05) is 0 Å². The van der Waals surface area contributed by atoms with E-state index in [9.17, 15) is 0 Å². The number of hydrogen-bond acceptors (Lipinski definition) is 1. The fourth-order valence-electron chi connectivity index (χ4n) is 1.61. The fourth-order valence-corrected chi connectivity index (χ4v) is 2.36. The highest BCUT2D eigenvalue weighted by Crippen LogP contribution is 2.28. The smallest absolute Gasteiger partial charge is 0.00584 e. The maximum Gasteiger partial charge on any atom is -0.00584 e. The molecule has 1 rings (SSSR count). The molecule has 0 spiro atoms. The first-order valence-corrected chi connectivity index (χ1v) is 5.70. The third-order valence-corrected chi connectivity index (χ3v) is 2.96.